The van der Waals surface area contributed by atoms with Crippen LogP contribution in [0, 0.1) is 0 Å². The normalized spacial score (nSPS) is 10.5. The molecule has 0 aliphatic heterocycles. The molecule has 25 heavy (non-hydrogen) atoms. The third kappa shape index (κ3) is 3.50. The summed E-state index contributed by atoms with van der Waals surface area (Å²) in [6, 6.07) is 17.2. The molecule has 0 bridgehead atoms. The van der Waals surface area contributed by atoms with Crippen molar-refractivity contribution in [2.24, 2.45) is 0 Å². The second-order valence-corrected chi connectivity index (χ2v) is 5.72. The van der Waals surface area contributed by atoms with Crippen molar-refractivity contribution in [1.82, 2.24) is 9.88 Å². The standard InChI is InChI=1S/C20H18N2O3/c1-22(13-16-8-5-7-14-6-3-4-9-17(14)16)19(23)18-11-10-15(12-21-18)20(24)25-2/h3-12H,13H2,1-2H3. The summed E-state index contributed by atoms with van der Waals surface area (Å²) in [6.07, 6.45) is 1.35. The van der Waals surface area contributed by atoms with Crippen molar-refractivity contribution in [1.29, 1.82) is 0 Å². The Kier molecular flexibility index (Phi) is 4.75. The van der Waals surface area contributed by atoms with Crippen LogP contribution in [0.1, 0.15) is 26.4 Å². The topological polar surface area (TPSA) is 59.5 Å². The van der Waals surface area contributed by atoms with E-state index < -0.39 is 5.97 Å². The molecule has 0 aliphatic carbocycles. The van der Waals surface area contributed by atoms with Crippen LogP contribution in [0.3, 0.4) is 0 Å². The number of esters is 1. The fourth-order valence-electron chi connectivity index (χ4n) is 2.71. The first kappa shape index (κ1) is 16.6. The van der Waals surface area contributed by atoms with Crippen LogP contribution in [-0.4, -0.2) is 35.9 Å². The van der Waals surface area contributed by atoms with Gasteiger partial charge in [-0.25, -0.2) is 4.79 Å². The van der Waals surface area contributed by atoms with Crippen molar-refractivity contribution in [3.63, 3.8) is 0 Å². The Morgan fingerprint density at radius 3 is 2.52 bits per heavy atom. The highest BCUT2D eigenvalue weighted by Crippen LogP contribution is 2.20. The Bertz CT molecular complexity index is 914. The first-order valence-corrected chi connectivity index (χ1v) is 7.86. The molecule has 0 saturated heterocycles. The Balaban J connectivity index is 1.79. The molecule has 1 heterocycles. The van der Waals surface area contributed by atoms with Gasteiger partial charge in [0, 0.05) is 19.8 Å². The second kappa shape index (κ2) is 7.13. The second-order valence-electron chi connectivity index (χ2n) is 5.72. The summed E-state index contributed by atoms with van der Waals surface area (Å²) in [7, 11) is 3.04. The van der Waals surface area contributed by atoms with Crippen LogP contribution < -0.4 is 0 Å². The largest absolute Gasteiger partial charge is 0.465 e. The number of amides is 1. The number of benzene rings is 2. The molecule has 0 unspecified atom stereocenters. The highest BCUT2D eigenvalue weighted by atomic mass is 16.5. The van der Waals surface area contributed by atoms with Gasteiger partial charge in [-0.1, -0.05) is 42.5 Å². The fourth-order valence-corrected chi connectivity index (χ4v) is 2.71. The molecule has 126 valence electrons. The molecule has 0 radical (unpaired) electrons. The van der Waals surface area contributed by atoms with E-state index in [1.165, 1.54) is 25.4 Å². The first-order valence-electron chi connectivity index (χ1n) is 7.86. The number of ether oxygens (including phenoxy) is 1. The molecular formula is C20H18N2O3. The number of carbonyl (C=O) groups excluding carboxylic acids is 2. The molecule has 3 rings (SSSR count). The van der Waals surface area contributed by atoms with Crippen molar-refractivity contribution < 1.29 is 14.3 Å². The van der Waals surface area contributed by atoms with Gasteiger partial charge >= 0.3 is 5.97 Å². The molecule has 1 aromatic heterocycles. The zero-order valence-electron chi connectivity index (χ0n) is 14.1. The fraction of sp³-hybridized carbons (Fsp3) is 0.150. The van der Waals surface area contributed by atoms with E-state index in [2.05, 4.69) is 9.72 Å². The number of fused-ring (bicyclic) bond motifs is 1. The summed E-state index contributed by atoms with van der Waals surface area (Å²) in [5.41, 5.74) is 1.67. The van der Waals surface area contributed by atoms with Crippen molar-refractivity contribution in [3.05, 3.63) is 77.6 Å². The van der Waals surface area contributed by atoms with Crippen molar-refractivity contribution >= 4 is 22.6 Å². The molecule has 0 saturated carbocycles. The molecule has 1 amide bonds. The number of hydrogen-bond donors (Lipinski definition) is 0. The van der Waals surface area contributed by atoms with E-state index >= 15 is 0 Å². The molecule has 0 aliphatic rings. The number of carbonyl (C=O) groups is 2. The van der Waals surface area contributed by atoms with Crippen molar-refractivity contribution in [2.45, 2.75) is 6.54 Å². The molecule has 0 N–H and O–H groups in total. The van der Waals surface area contributed by atoms with E-state index in [1.54, 1.807) is 11.9 Å². The minimum Gasteiger partial charge on any atom is -0.465 e. The lowest BCUT2D eigenvalue weighted by Crippen LogP contribution is -2.27. The number of rotatable bonds is 4. The molecule has 5 nitrogen and oxygen atoms in total. The van der Waals surface area contributed by atoms with Crippen molar-refractivity contribution in [3.8, 4) is 0 Å². The van der Waals surface area contributed by atoms with E-state index in [0.717, 1.165) is 16.3 Å². The van der Waals surface area contributed by atoms with E-state index in [-0.39, 0.29) is 11.6 Å². The van der Waals surface area contributed by atoms with Gasteiger partial charge < -0.3 is 9.64 Å². The average molecular weight is 334 g/mol. The molecule has 3 aromatic rings. The van der Waals surface area contributed by atoms with Gasteiger partial charge in [-0.3, -0.25) is 9.78 Å². The maximum Gasteiger partial charge on any atom is 0.339 e. The number of methoxy groups -OCH3 is 1. The zero-order valence-corrected chi connectivity index (χ0v) is 14.1. The number of aromatic nitrogens is 1. The minimum atomic E-state index is -0.476. The summed E-state index contributed by atoms with van der Waals surface area (Å²) in [5.74, 6) is -0.681. The van der Waals surface area contributed by atoms with E-state index in [9.17, 15) is 9.59 Å². The SMILES string of the molecule is COC(=O)c1ccc(C(=O)N(C)Cc2cccc3ccccc23)nc1. The predicted octanol–water partition coefficient (Wildman–Crippen LogP) is 3.29. The van der Waals surface area contributed by atoms with Crippen molar-refractivity contribution in [2.75, 3.05) is 14.2 Å². The van der Waals surface area contributed by atoms with Gasteiger partial charge in [-0.2, -0.15) is 0 Å². The summed E-state index contributed by atoms with van der Waals surface area (Å²) in [5, 5.41) is 2.26. The summed E-state index contributed by atoms with van der Waals surface area (Å²) in [4.78, 5) is 29.7. The maximum absolute atomic E-state index is 12.6. The predicted molar refractivity (Wildman–Crippen MR) is 95.3 cm³/mol. The molecule has 5 heteroatoms. The van der Waals surface area contributed by atoms with Gasteiger partial charge in [0.2, 0.25) is 0 Å². The lowest BCUT2D eigenvalue weighted by molar-refractivity contribution is 0.0599. The molecular weight excluding hydrogens is 316 g/mol. The lowest BCUT2D eigenvalue weighted by Gasteiger charge is -2.18. The van der Waals surface area contributed by atoms with Gasteiger partial charge in [0.05, 0.1) is 12.7 Å². The van der Waals surface area contributed by atoms with Gasteiger partial charge in [0.15, 0.2) is 0 Å². The van der Waals surface area contributed by atoms with E-state index in [4.69, 9.17) is 0 Å². The third-order valence-electron chi connectivity index (χ3n) is 4.04. The van der Waals surface area contributed by atoms with E-state index in [0.29, 0.717) is 12.1 Å². The third-order valence-corrected chi connectivity index (χ3v) is 4.04. The van der Waals surface area contributed by atoms with Crippen LogP contribution in [0.4, 0.5) is 0 Å². The summed E-state index contributed by atoms with van der Waals surface area (Å²) < 4.78 is 4.63. The van der Waals surface area contributed by atoms with Gasteiger partial charge in [-0.05, 0) is 28.5 Å². The number of nitrogens with zero attached hydrogens (tertiary/aromatic N) is 2. The maximum atomic E-state index is 12.6. The van der Waals surface area contributed by atoms with Gasteiger partial charge in [0.1, 0.15) is 5.69 Å². The average Bonchev–Trinajstić information content (AvgIpc) is 2.67. The van der Waals surface area contributed by atoms with Crippen LogP contribution in [0.5, 0.6) is 0 Å². The Labute approximate surface area is 145 Å². The van der Waals surface area contributed by atoms with Crippen LogP contribution in [0.25, 0.3) is 10.8 Å². The quantitative estimate of drug-likeness (QED) is 0.687. The van der Waals surface area contributed by atoms with Crippen LogP contribution >= 0.6 is 0 Å². The smallest absolute Gasteiger partial charge is 0.339 e. The lowest BCUT2D eigenvalue weighted by atomic mass is 10.0. The Hall–Kier alpha value is -3.21. The summed E-state index contributed by atoms with van der Waals surface area (Å²) >= 11 is 0. The minimum absolute atomic E-state index is 0.204. The highest BCUT2D eigenvalue weighted by Gasteiger charge is 2.15. The zero-order chi connectivity index (χ0) is 17.8. The summed E-state index contributed by atoms with van der Waals surface area (Å²) in [6.45, 7) is 0.473. The van der Waals surface area contributed by atoms with Crippen LogP contribution in [0.2, 0.25) is 0 Å². The Morgan fingerprint density at radius 2 is 1.80 bits per heavy atom. The molecule has 2 aromatic carbocycles. The number of pyridine rings is 1. The van der Waals surface area contributed by atoms with Gasteiger partial charge in [0.25, 0.3) is 5.91 Å². The number of hydrogen-bond acceptors (Lipinski definition) is 4. The highest BCUT2D eigenvalue weighted by molar-refractivity contribution is 5.94. The molecule has 0 atom stereocenters. The first-order chi connectivity index (χ1) is 12.1. The van der Waals surface area contributed by atoms with Gasteiger partial charge in [-0.15, -0.1) is 0 Å². The van der Waals surface area contributed by atoms with Crippen LogP contribution in [0.15, 0.2) is 60.8 Å². The Morgan fingerprint density at radius 1 is 1.04 bits per heavy atom. The molecule has 0 spiro atoms. The van der Waals surface area contributed by atoms with E-state index in [1.807, 2.05) is 42.5 Å². The van der Waals surface area contributed by atoms with Crippen LogP contribution in [-0.2, 0) is 11.3 Å². The monoisotopic (exact) mass is 334 g/mol. The molecule has 0 fully saturated rings.